The van der Waals surface area contributed by atoms with Crippen molar-refractivity contribution in [2.24, 2.45) is 11.3 Å². The van der Waals surface area contributed by atoms with Crippen molar-refractivity contribution < 1.29 is 37.1 Å². The van der Waals surface area contributed by atoms with Gasteiger partial charge in [-0.25, -0.2) is 17.9 Å². The van der Waals surface area contributed by atoms with Crippen molar-refractivity contribution in [3.8, 4) is 11.8 Å². The molecule has 5 amide bonds. The van der Waals surface area contributed by atoms with Crippen molar-refractivity contribution in [2.45, 2.75) is 107 Å². The van der Waals surface area contributed by atoms with Gasteiger partial charge in [0.25, 0.3) is 5.91 Å². The van der Waals surface area contributed by atoms with E-state index in [1.165, 1.54) is 11.0 Å². The van der Waals surface area contributed by atoms with Crippen LogP contribution in [0.4, 0.5) is 4.79 Å². The Hall–Kier alpha value is -4.64. The Morgan fingerprint density at radius 3 is 2.50 bits per heavy atom. The molecule has 2 aliphatic carbocycles. The molecule has 5 atom stereocenters. The molecule has 5 rings (SSSR count). The van der Waals surface area contributed by atoms with Gasteiger partial charge < -0.3 is 25.6 Å². The normalized spacial score (nSPS) is 28.1. The zero-order chi connectivity index (χ0) is 37.7. The maximum Gasteiger partial charge on any atom is 0.407 e. The number of amides is 5. The minimum Gasteiger partial charge on any atom is -0.450 e. The summed E-state index contributed by atoms with van der Waals surface area (Å²) in [5, 5.41) is 7.63. The monoisotopic (exact) mass is 735 g/mol. The molecule has 52 heavy (non-hydrogen) atoms. The van der Waals surface area contributed by atoms with Crippen LogP contribution in [-0.4, -0.2) is 85.1 Å². The number of hydrogen-bond acceptors (Lipinski definition) is 8. The number of benzene rings is 1. The molecule has 2 aliphatic heterocycles. The standard InChI is InChI=1S/C38H49N5O8S/c1-5-27-20-21-38(27,35(47)42-52(49,50)29-17-18-29)41-33(45)30-23-28-24-43(30)34(46)32(37(2,3)4)40-36(48)51-22-12-8-6-7-9-13-25-14-10-11-15-26(25)16-19-31(44)39-28/h5,9-11,13-15,27-30,32H,1,6-8,12,16-19,22-24H2,2-4H3,(H,39,44)(H,40,48)(H,41,45)(H,42,47)/b13-9+/t27-,28-,30+,32-,38-/m1/s1. The lowest BCUT2D eigenvalue weighted by molar-refractivity contribution is -0.143. The smallest absolute Gasteiger partial charge is 0.407 e. The predicted molar refractivity (Wildman–Crippen MR) is 194 cm³/mol. The van der Waals surface area contributed by atoms with Crippen LogP contribution in [0.15, 0.2) is 43.0 Å². The maximum absolute atomic E-state index is 14.4. The van der Waals surface area contributed by atoms with Crippen LogP contribution in [0.5, 0.6) is 0 Å². The summed E-state index contributed by atoms with van der Waals surface area (Å²) in [5.41, 5.74) is -0.730. The van der Waals surface area contributed by atoms with Crippen LogP contribution in [0.1, 0.15) is 83.3 Å². The molecular formula is C38H49N5O8S. The number of carbonyl (C=O) groups excluding carboxylic acids is 5. The average Bonchev–Trinajstić information content (AvgIpc) is 3.86. The van der Waals surface area contributed by atoms with Gasteiger partial charge in [0.2, 0.25) is 27.7 Å². The third-order valence-electron chi connectivity index (χ3n) is 9.85. The molecule has 1 saturated heterocycles. The van der Waals surface area contributed by atoms with Crippen LogP contribution in [0.25, 0.3) is 6.08 Å². The van der Waals surface area contributed by atoms with Crippen LogP contribution in [0.2, 0.25) is 0 Å². The highest BCUT2D eigenvalue weighted by molar-refractivity contribution is 7.91. The molecule has 13 nitrogen and oxygen atoms in total. The van der Waals surface area contributed by atoms with Gasteiger partial charge in [-0.05, 0) is 67.9 Å². The first-order valence-electron chi connectivity index (χ1n) is 18.0. The summed E-state index contributed by atoms with van der Waals surface area (Å²) in [7, 11) is -3.98. The Labute approximate surface area is 305 Å². The number of nitrogens with one attached hydrogen (secondary N) is 4. The van der Waals surface area contributed by atoms with Gasteiger partial charge >= 0.3 is 6.09 Å². The van der Waals surface area contributed by atoms with Crippen LogP contribution in [-0.2, 0) is 40.4 Å². The molecule has 14 heteroatoms. The topological polar surface area (TPSA) is 180 Å². The van der Waals surface area contributed by atoms with E-state index in [4.69, 9.17) is 4.74 Å². The number of sulfonamides is 1. The number of carbonyl (C=O) groups is 5. The average molecular weight is 736 g/mol. The minimum absolute atomic E-state index is 0.00575. The number of aryl methyl sites for hydroxylation is 1. The fourth-order valence-corrected chi connectivity index (χ4v) is 7.99. The van der Waals surface area contributed by atoms with E-state index in [-0.39, 0.29) is 31.9 Å². The minimum atomic E-state index is -3.98. The van der Waals surface area contributed by atoms with Crippen LogP contribution in [0.3, 0.4) is 0 Å². The van der Waals surface area contributed by atoms with Gasteiger partial charge in [-0.2, -0.15) is 0 Å². The van der Waals surface area contributed by atoms with Gasteiger partial charge in [-0.1, -0.05) is 75.1 Å². The molecule has 1 aromatic carbocycles. The predicted octanol–water partition coefficient (Wildman–Crippen LogP) is 2.72. The summed E-state index contributed by atoms with van der Waals surface area (Å²) in [6.07, 6.45) is 9.42. The number of fused-ring (bicyclic) bond motifs is 3. The summed E-state index contributed by atoms with van der Waals surface area (Å²) in [6.45, 7) is 9.12. The molecule has 1 aromatic rings. The zero-order valence-electron chi connectivity index (χ0n) is 30.0. The number of cyclic esters (lactones) is 1. The number of alkyl carbamates (subject to hydrolysis) is 1. The number of hydrogen-bond donors (Lipinski definition) is 4. The summed E-state index contributed by atoms with van der Waals surface area (Å²) >= 11 is 0. The summed E-state index contributed by atoms with van der Waals surface area (Å²) in [6, 6.07) is 4.88. The van der Waals surface area contributed by atoms with E-state index in [1.807, 2.05) is 30.3 Å². The van der Waals surface area contributed by atoms with E-state index in [0.717, 1.165) is 30.4 Å². The highest BCUT2D eigenvalue weighted by atomic mass is 32.2. The molecule has 0 aromatic heterocycles. The Balaban J connectivity index is 1.41. The maximum atomic E-state index is 14.4. The third kappa shape index (κ3) is 9.04. The lowest BCUT2D eigenvalue weighted by Crippen LogP contribution is -2.68. The van der Waals surface area contributed by atoms with Crippen LogP contribution >= 0.6 is 0 Å². The molecule has 0 spiro atoms. The van der Waals surface area contributed by atoms with Gasteiger partial charge in [0.05, 0.1) is 17.8 Å². The summed E-state index contributed by atoms with van der Waals surface area (Å²) in [4.78, 5) is 69.6. The third-order valence-corrected chi connectivity index (χ3v) is 11.7. The van der Waals surface area contributed by atoms with Crippen LogP contribution < -0.4 is 20.7 Å². The van der Waals surface area contributed by atoms with E-state index in [2.05, 4.69) is 45.2 Å². The second-order valence-corrected chi connectivity index (χ2v) is 17.0. The lowest BCUT2D eigenvalue weighted by Gasteiger charge is -2.39. The fourth-order valence-electron chi connectivity index (χ4n) is 6.64. The molecular weight excluding hydrogens is 687 g/mol. The summed E-state index contributed by atoms with van der Waals surface area (Å²) < 4.78 is 32.9. The molecule has 2 fully saturated rings. The second-order valence-electron chi connectivity index (χ2n) is 15.0. The van der Waals surface area contributed by atoms with Crippen molar-refractivity contribution in [3.63, 3.8) is 0 Å². The van der Waals surface area contributed by atoms with E-state index >= 15 is 0 Å². The number of nitrogens with zero attached hydrogens (tertiary/aromatic N) is 1. The second kappa shape index (κ2) is 15.9. The number of rotatable bonds is 6. The van der Waals surface area contributed by atoms with Crippen molar-refractivity contribution >= 4 is 45.8 Å². The van der Waals surface area contributed by atoms with Gasteiger partial charge in [0.1, 0.15) is 12.1 Å². The van der Waals surface area contributed by atoms with Crippen molar-refractivity contribution in [2.75, 3.05) is 13.2 Å². The molecule has 1 saturated carbocycles. The van der Waals surface area contributed by atoms with Crippen molar-refractivity contribution in [3.05, 3.63) is 54.1 Å². The fraction of sp³-hybridized carbons (Fsp3) is 0.553. The van der Waals surface area contributed by atoms with Crippen molar-refractivity contribution in [1.82, 2.24) is 25.6 Å². The van der Waals surface area contributed by atoms with Gasteiger partial charge in [0, 0.05) is 19.0 Å². The highest BCUT2D eigenvalue weighted by Crippen LogP contribution is 2.32. The molecule has 4 N–H and O–H groups in total. The first-order valence-corrected chi connectivity index (χ1v) is 19.5. The van der Waals surface area contributed by atoms with E-state index in [1.54, 1.807) is 20.8 Å². The van der Waals surface area contributed by atoms with Gasteiger partial charge in [0.15, 0.2) is 5.54 Å². The molecule has 2 heterocycles. The van der Waals surface area contributed by atoms with Gasteiger partial charge in [-0.15, -0.1) is 6.58 Å². The van der Waals surface area contributed by atoms with Crippen LogP contribution in [0, 0.1) is 23.2 Å². The van der Waals surface area contributed by atoms with E-state index in [0.29, 0.717) is 25.7 Å². The number of ether oxygens (including phenoxy) is 1. The first kappa shape index (κ1) is 38.6. The van der Waals surface area contributed by atoms with E-state index < -0.39 is 74.1 Å². The Bertz CT molecular complexity index is 1790. The van der Waals surface area contributed by atoms with E-state index in [9.17, 15) is 32.4 Å². The lowest BCUT2D eigenvalue weighted by atomic mass is 9.76. The SMILES string of the molecule is C=C[C@@H]1C#C[C@]1(NC(=O)[C@@H]1C[C@@H]2CN1C(=O)[C@H](C(C)(C)C)NC(=O)OCCCCC/C=C/c1ccccc1CCC(=O)N2)C(=O)NS(=O)(=O)C1CC1. The molecule has 0 radical (unpaired) electrons. The molecule has 280 valence electrons. The first-order chi connectivity index (χ1) is 24.6. The van der Waals surface area contributed by atoms with Gasteiger partial charge in [-0.3, -0.25) is 19.2 Å². The van der Waals surface area contributed by atoms with Crippen molar-refractivity contribution in [1.29, 1.82) is 0 Å². The summed E-state index contributed by atoms with van der Waals surface area (Å²) in [5.74, 6) is 1.87. The Kier molecular flexibility index (Phi) is 11.8. The quantitative estimate of drug-likeness (QED) is 0.254. The Morgan fingerprint density at radius 2 is 1.83 bits per heavy atom. The zero-order valence-corrected chi connectivity index (χ0v) is 30.9. The largest absolute Gasteiger partial charge is 0.450 e. The molecule has 2 bridgehead atoms. The molecule has 4 aliphatic rings. The number of allylic oxidation sites excluding steroid dienone is 1. The highest BCUT2D eigenvalue weighted by Gasteiger charge is 2.54. The Morgan fingerprint density at radius 1 is 1.08 bits per heavy atom. The molecule has 0 unspecified atom stereocenters.